The van der Waals surface area contributed by atoms with Gasteiger partial charge in [-0.3, -0.25) is 4.79 Å². The van der Waals surface area contributed by atoms with Crippen molar-refractivity contribution >= 4 is 34.1 Å². The van der Waals surface area contributed by atoms with Crippen LogP contribution in [0.25, 0.3) is 10.8 Å². The van der Waals surface area contributed by atoms with Crippen molar-refractivity contribution in [2.75, 3.05) is 5.32 Å². The van der Waals surface area contributed by atoms with E-state index in [1.165, 1.54) is 41.0 Å². The molecule has 0 aliphatic carbocycles. The summed E-state index contributed by atoms with van der Waals surface area (Å²) in [4.78, 5) is 12.4. The smallest absolute Gasteiger partial charge is 0.225 e. The maximum Gasteiger partial charge on any atom is 0.225 e. The first kappa shape index (κ1) is 20.7. The van der Waals surface area contributed by atoms with Crippen LogP contribution in [0.5, 0.6) is 5.88 Å². The number of aryl methyl sites for hydroxylation is 1. The average Bonchev–Trinajstić information content (AvgIpc) is 3.02. The molecule has 31 heavy (non-hydrogen) atoms. The molecule has 1 amide bonds. The van der Waals surface area contributed by atoms with Crippen LogP contribution in [0.4, 0.5) is 14.6 Å². The lowest BCUT2D eigenvalue weighted by molar-refractivity contribution is -0.116. The fourth-order valence-corrected chi connectivity index (χ4v) is 3.54. The van der Waals surface area contributed by atoms with E-state index in [9.17, 15) is 18.7 Å². The summed E-state index contributed by atoms with van der Waals surface area (Å²) in [5.41, 5.74) is 1.19. The number of nitrogens with one attached hydrogen (secondary N) is 1. The molecule has 2 aromatic heterocycles. The SMILES string of the molecule is O=C(CCc1c2c(F)cccc2c(O)n1Cc1ccc(F)cc1)Nc1ccc(Cl)nn1. The van der Waals surface area contributed by atoms with Crippen LogP contribution in [0.2, 0.25) is 5.15 Å². The largest absolute Gasteiger partial charge is 0.494 e. The lowest BCUT2D eigenvalue weighted by atomic mass is 10.1. The number of carbonyl (C=O) groups excluding carboxylic acids is 1. The van der Waals surface area contributed by atoms with Crippen molar-refractivity contribution in [1.29, 1.82) is 0 Å². The number of rotatable bonds is 6. The summed E-state index contributed by atoms with van der Waals surface area (Å²) in [6.07, 6.45) is 0.173. The molecule has 0 radical (unpaired) electrons. The van der Waals surface area contributed by atoms with Gasteiger partial charge in [0.25, 0.3) is 0 Å². The van der Waals surface area contributed by atoms with Gasteiger partial charge in [0.15, 0.2) is 16.9 Å². The topological polar surface area (TPSA) is 80.0 Å². The molecule has 2 N–H and O–H groups in total. The van der Waals surface area contributed by atoms with Crippen molar-refractivity contribution in [3.05, 3.63) is 82.6 Å². The van der Waals surface area contributed by atoms with Crippen LogP contribution in [-0.2, 0) is 17.8 Å². The standard InChI is InChI=1S/C22H17ClF2N4O2/c23-18-9-10-19(28-27-18)26-20(30)11-8-17-21-15(2-1-3-16(21)25)22(31)29(17)12-13-4-6-14(24)7-5-13/h1-7,9-10,31H,8,11-12H2,(H,26,28,30). The molecule has 9 heteroatoms. The molecule has 4 aromatic rings. The zero-order chi connectivity index (χ0) is 22.0. The van der Waals surface area contributed by atoms with Crippen LogP contribution in [-0.4, -0.2) is 25.8 Å². The minimum Gasteiger partial charge on any atom is -0.494 e. The third kappa shape index (κ3) is 4.49. The number of aromatic nitrogens is 3. The first-order chi connectivity index (χ1) is 14.9. The highest BCUT2D eigenvalue weighted by atomic mass is 35.5. The fraction of sp³-hybridized carbons (Fsp3) is 0.136. The Morgan fingerprint density at radius 2 is 1.84 bits per heavy atom. The number of aromatic hydroxyl groups is 1. The van der Waals surface area contributed by atoms with Crippen molar-refractivity contribution in [3.63, 3.8) is 0 Å². The number of benzene rings is 2. The van der Waals surface area contributed by atoms with Gasteiger partial charge in [0.2, 0.25) is 5.91 Å². The lowest BCUT2D eigenvalue weighted by Crippen LogP contribution is -2.15. The lowest BCUT2D eigenvalue weighted by Gasteiger charge is -2.11. The zero-order valence-electron chi connectivity index (χ0n) is 16.1. The highest BCUT2D eigenvalue weighted by Gasteiger charge is 2.20. The number of nitrogens with zero attached hydrogens (tertiary/aromatic N) is 3. The number of amides is 1. The molecule has 0 aliphatic rings. The van der Waals surface area contributed by atoms with Gasteiger partial charge < -0.3 is 15.0 Å². The summed E-state index contributed by atoms with van der Waals surface area (Å²) in [6, 6.07) is 13.3. The van der Waals surface area contributed by atoms with Crippen LogP contribution < -0.4 is 5.32 Å². The summed E-state index contributed by atoms with van der Waals surface area (Å²) in [5, 5.41) is 21.6. The summed E-state index contributed by atoms with van der Waals surface area (Å²) < 4.78 is 29.4. The quantitative estimate of drug-likeness (QED) is 0.454. The van der Waals surface area contributed by atoms with Crippen LogP contribution in [0.3, 0.4) is 0 Å². The predicted molar refractivity (Wildman–Crippen MR) is 113 cm³/mol. The summed E-state index contributed by atoms with van der Waals surface area (Å²) in [5.74, 6) is -1.09. The van der Waals surface area contributed by atoms with E-state index < -0.39 is 5.82 Å². The molecule has 0 spiro atoms. The van der Waals surface area contributed by atoms with E-state index in [0.29, 0.717) is 11.1 Å². The highest BCUT2D eigenvalue weighted by Crippen LogP contribution is 2.34. The minimum absolute atomic E-state index is 0.0145. The van der Waals surface area contributed by atoms with Gasteiger partial charge in [0.05, 0.1) is 6.54 Å². The first-order valence-corrected chi connectivity index (χ1v) is 9.82. The normalized spacial score (nSPS) is 11.1. The van der Waals surface area contributed by atoms with Crippen LogP contribution in [0, 0.1) is 11.6 Å². The third-order valence-corrected chi connectivity index (χ3v) is 5.07. The number of halogens is 3. The van der Waals surface area contributed by atoms with Crippen LogP contribution in [0.1, 0.15) is 17.7 Å². The molecular formula is C22H17ClF2N4O2. The van der Waals surface area contributed by atoms with E-state index >= 15 is 0 Å². The summed E-state index contributed by atoms with van der Waals surface area (Å²) >= 11 is 5.69. The Morgan fingerprint density at radius 1 is 1.06 bits per heavy atom. The molecule has 0 bridgehead atoms. The second-order valence-electron chi connectivity index (χ2n) is 6.93. The number of hydrogen-bond acceptors (Lipinski definition) is 4. The first-order valence-electron chi connectivity index (χ1n) is 9.44. The van der Waals surface area contributed by atoms with Crippen molar-refractivity contribution < 1.29 is 18.7 Å². The molecule has 0 unspecified atom stereocenters. The molecule has 4 rings (SSSR count). The van der Waals surface area contributed by atoms with Gasteiger partial charge in [-0.15, -0.1) is 10.2 Å². The number of fused-ring (bicyclic) bond motifs is 1. The second-order valence-corrected chi connectivity index (χ2v) is 7.32. The van der Waals surface area contributed by atoms with Crippen molar-refractivity contribution in [3.8, 4) is 5.88 Å². The summed E-state index contributed by atoms with van der Waals surface area (Å²) in [6.45, 7) is 0.194. The Balaban J connectivity index is 1.62. The van der Waals surface area contributed by atoms with Crippen LogP contribution in [0.15, 0.2) is 54.6 Å². The maximum atomic E-state index is 14.6. The average molecular weight is 443 g/mol. The minimum atomic E-state index is -0.496. The Kier molecular flexibility index (Phi) is 5.81. The molecule has 0 saturated heterocycles. The van der Waals surface area contributed by atoms with E-state index in [1.807, 2.05) is 0 Å². The molecule has 0 fully saturated rings. The Labute approximate surface area is 181 Å². The van der Waals surface area contributed by atoms with Gasteiger partial charge in [-0.05, 0) is 48.4 Å². The van der Waals surface area contributed by atoms with Crippen molar-refractivity contribution in [1.82, 2.24) is 14.8 Å². The Morgan fingerprint density at radius 3 is 2.55 bits per heavy atom. The molecule has 2 heterocycles. The molecule has 158 valence electrons. The number of hydrogen-bond donors (Lipinski definition) is 2. The fourth-order valence-electron chi connectivity index (χ4n) is 3.43. The predicted octanol–water partition coefficient (Wildman–Crippen LogP) is 4.69. The molecular weight excluding hydrogens is 426 g/mol. The van der Waals surface area contributed by atoms with Gasteiger partial charge in [-0.2, -0.15) is 0 Å². The van der Waals surface area contributed by atoms with E-state index in [1.54, 1.807) is 18.2 Å². The monoisotopic (exact) mass is 442 g/mol. The highest BCUT2D eigenvalue weighted by molar-refractivity contribution is 6.29. The van der Waals surface area contributed by atoms with Crippen molar-refractivity contribution in [2.24, 2.45) is 0 Å². The Bertz CT molecular complexity index is 1240. The maximum absolute atomic E-state index is 14.6. The second kappa shape index (κ2) is 8.69. The van der Waals surface area contributed by atoms with Gasteiger partial charge >= 0.3 is 0 Å². The molecule has 0 aliphatic heterocycles. The zero-order valence-corrected chi connectivity index (χ0v) is 16.9. The van der Waals surface area contributed by atoms with Gasteiger partial charge in [-0.25, -0.2) is 8.78 Å². The number of anilines is 1. The van der Waals surface area contributed by atoms with Gasteiger partial charge in [-0.1, -0.05) is 29.8 Å². The molecule has 2 aromatic carbocycles. The van der Waals surface area contributed by atoms with E-state index in [-0.39, 0.29) is 53.3 Å². The Hall–Kier alpha value is -3.52. The van der Waals surface area contributed by atoms with Crippen molar-refractivity contribution in [2.45, 2.75) is 19.4 Å². The van der Waals surface area contributed by atoms with E-state index in [0.717, 1.165) is 5.56 Å². The van der Waals surface area contributed by atoms with Crippen LogP contribution >= 0.6 is 11.6 Å². The van der Waals surface area contributed by atoms with Gasteiger partial charge in [0.1, 0.15) is 11.6 Å². The van der Waals surface area contributed by atoms with E-state index in [2.05, 4.69) is 15.5 Å². The van der Waals surface area contributed by atoms with Gasteiger partial charge in [0, 0.05) is 22.9 Å². The third-order valence-electron chi connectivity index (χ3n) is 4.87. The number of carbonyl (C=O) groups is 1. The van der Waals surface area contributed by atoms with E-state index in [4.69, 9.17) is 11.6 Å². The molecule has 0 saturated carbocycles. The molecule has 6 nitrogen and oxygen atoms in total. The molecule has 0 atom stereocenters. The summed E-state index contributed by atoms with van der Waals surface area (Å²) in [7, 11) is 0.